The van der Waals surface area contributed by atoms with Gasteiger partial charge in [-0.2, -0.15) is 0 Å². The summed E-state index contributed by atoms with van der Waals surface area (Å²) in [5.74, 6) is 0.233. The monoisotopic (exact) mass is 257 g/mol. The number of aromatic nitrogens is 1. The number of ether oxygens (including phenoxy) is 2. The number of esters is 1. The highest BCUT2D eigenvalue weighted by molar-refractivity contribution is 5.90. The van der Waals surface area contributed by atoms with Crippen molar-refractivity contribution < 1.29 is 14.3 Å². The van der Waals surface area contributed by atoms with Crippen LogP contribution in [0.2, 0.25) is 0 Å². The van der Waals surface area contributed by atoms with Crippen LogP contribution < -0.4 is 4.74 Å². The number of carbonyl (C=O) groups excluding carboxylic acids is 1. The predicted octanol–water partition coefficient (Wildman–Crippen LogP) is 3.01. The molecule has 0 fully saturated rings. The molecule has 0 bridgehead atoms. The Hall–Kier alpha value is -2.36. The van der Waals surface area contributed by atoms with Gasteiger partial charge < -0.3 is 9.47 Å². The Kier molecular flexibility index (Phi) is 4.13. The van der Waals surface area contributed by atoms with Crippen LogP contribution in [0.25, 0.3) is 0 Å². The zero-order chi connectivity index (χ0) is 13.7. The molecule has 0 N–H and O–H groups in total. The molecule has 1 heterocycles. The van der Waals surface area contributed by atoms with Gasteiger partial charge in [0.1, 0.15) is 11.9 Å². The number of carbonyl (C=O) groups is 1. The minimum absolute atomic E-state index is 0.389. The third-order valence-corrected chi connectivity index (χ3v) is 2.69. The first-order valence-corrected chi connectivity index (χ1v) is 5.96. The standard InChI is InChI=1S/C15H15NO3/c1-11(14-8-3-4-9-16-14)19-15(17)12-6-5-7-13(10-12)18-2/h3-11H,1-2H3/t11-/m0/s1. The van der Waals surface area contributed by atoms with Gasteiger partial charge in [0.05, 0.1) is 18.4 Å². The van der Waals surface area contributed by atoms with Gasteiger partial charge in [-0.05, 0) is 37.3 Å². The summed E-state index contributed by atoms with van der Waals surface area (Å²) in [7, 11) is 1.56. The van der Waals surface area contributed by atoms with E-state index in [0.717, 1.165) is 5.69 Å². The van der Waals surface area contributed by atoms with Gasteiger partial charge in [0.25, 0.3) is 0 Å². The van der Waals surface area contributed by atoms with Crippen molar-refractivity contribution in [2.24, 2.45) is 0 Å². The smallest absolute Gasteiger partial charge is 0.338 e. The molecular weight excluding hydrogens is 242 g/mol. The fourth-order valence-electron chi connectivity index (χ4n) is 1.66. The predicted molar refractivity (Wildman–Crippen MR) is 71.1 cm³/mol. The number of methoxy groups -OCH3 is 1. The van der Waals surface area contributed by atoms with E-state index in [-0.39, 0.29) is 6.10 Å². The first-order chi connectivity index (χ1) is 9.20. The summed E-state index contributed by atoms with van der Waals surface area (Å²) in [6.45, 7) is 1.79. The molecule has 0 amide bonds. The van der Waals surface area contributed by atoms with Crippen molar-refractivity contribution in [2.45, 2.75) is 13.0 Å². The summed E-state index contributed by atoms with van der Waals surface area (Å²) in [5, 5.41) is 0. The number of hydrogen-bond donors (Lipinski definition) is 0. The molecule has 4 nitrogen and oxygen atoms in total. The largest absolute Gasteiger partial charge is 0.497 e. The molecule has 0 aliphatic heterocycles. The normalized spacial score (nSPS) is 11.7. The number of nitrogens with zero attached hydrogens (tertiary/aromatic N) is 1. The molecule has 0 saturated carbocycles. The molecule has 0 aliphatic rings. The Morgan fingerprint density at radius 1 is 1.21 bits per heavy atom. The van der Waals surface area contributed by atoms with E-state index in [9.17, 15) is 4.79 Å². The van der Waals surface area contributed by atoms with Gasteiger partial charge in [-0.1, -0.05) is 12.1 Å². The first kappa shape index (κ1) is 13.1. The highest BCUT2D eigenvalue weighted by Gasteiger charge is 2.14. The SMILES string of the molecule is COc1cccc(C(=O)O[C@@H](C)c2ccccn2)c1. The molecule has 98 valence electrons. The number of benzene rings is 1. The van der Waals surface area contributed by atoms with Crippen LogP contribution in [0.5, 0.6) is 5.75 Å². The van der Waals surface area contributed by atoms with Gasteiger partial charge >= 0.3 is 5.97 Å². The van der Waals surface area contributed by atoms with Gasteiger partial charge in [-0.25, -0.2) is 4.79 Å². The number of rotatable bonds is 4. The highest BCUT2D eigenvalue weighted by atomic mass is 16.5. The number of pyridine rings is 1. The van der Waals surface area contributed by atoms with Crippen LogP contribution in [0.3, 0.4) is 0 Å². The number of hydrogen-bond acceptors (Lipinski definition) is 4. The van der Waals surface area contributed by atoms with Crippen molar-refractivity contribution in [2.75, 3.05) is 7.11 Å². The van der Waals surface area contributed by atoms with Crippen molar-refractivity contribution in [3.63, 3.8) is 0 Å². The molecule has 4 heteroatoms. The maximum atomic E-state index is 12.0. The van der Waals surface area contributed by atoms with Crippen LogP contribution in [-0.4, -0.2) is 18.1 Å². The fraction of sp³-hybridized carbons (Fsp3) is 0.200. The molecule has 0 unspecified atom stereocenters. The Bertz CT molecular complexity index is 554. The molecule has 0 saturated heterocycles. The Balaban J connectivity index is 2.08. The van der Waals surface area contributed by atoms with Crippen molar-refractivity contribution in [3.05, 3.63) is 59.9 Å². The minimum Gasteiger partial charge on any atom is -0.497 e. The zero-order valence-electron chi connectivity index (χ0n) is 10.9. The average Bonchev–Trinajstić information content (AvgIpc) is 2.48. The summed E-state index contributed by atoms with van der Waals surface area (Å²) < 4.78 is 10.4. The van der Waals surface area contributed by atoms with Crippen LogP contribution in [0.1, 0.15) is 29.1 Å². The third kappa shape index (κ3) is 3.31. The maximum Gasteiger partial charge on any atom is 0.338 e. The molecule has 0 spiro atoms. The van der Waals surface area contributed by atoms with E-state index in [2.05, 4.69) is 4.98 Å². The molecular formula is C15H15NO3. The van der Waals surface area contributed by atoms with Gasteiger partial charge in [0, 0.05) is 6.20 Å². The topological polar surface area (TPSA) is 48.4 Å². The van der Waals surface area contributed by atoms with Crippen molar-refractivity contribution in [1.29, 1.82) is 0 Å². The van der Waals surface area contributed by atoms with E-state index in [1.807, 2.05) is 18.2 Å². The van der Waals surface area contributed by atoms with E-state index in [4.69, 9.17) is 9.47 Å². The van der Waals surface area contributed by atoms with Crippen LogP contribution in [0.15, 0.2) is 48.7 Å². The minimum atomic E-state index is -0.392. The molecule has 2 rings (SSSR count). The summed E-state index contributed by atoms with van der Waals surface area (Å²) in [4.78, 5) is 16.1. The summed E-state index contributed by atoms with van der Waals surface area (Å²) >= 11 is 0. The maximum absolute atomic E-state index is 12.0. The van der Waals surface area contributed by atoms with Crippen molar-refractivity contribution >= 4 is 5.97 Å². The fourth-order valence-corrected chi connectivity index (χ4v) is 1.66. The van der Waals surface area contributed by atoms with Crippen molar-refractivity contribution in [3.8, 4) is 5.75 Å². The van der Waals surface area contributed by atoms with Gasteiger partial charge in [0.2, 0.25) is 0 Å². The summed E-state index contributed by atoms with van der Waals surface area (Å²) in [6.07, 6.45) is 1.28. The van der Waals surface area contributed by atoms with E-state index in [0.29, 0.717) is 11.3 Å². The summed E-state index contributed by atoms with van der Waals surface area (Å²) in [6, 6.07) is 12.4. The molecule has 1 aromatic heterocycles. The zero-order valence-corrected chi connectivity index (χ0v) is 10.9. The molecule has 2 aromatic rings. The van der Waals surface area contributed by atoms with Crippen molar-refractivity contribution in [1.82, 2.24) is 4.98 Å². The first-order valence-electron chi connectivity index (χ1n) is 5.96. The third-order valence-electron chi connectivity index (χ3n) is 2.69. The molecule has 1 aromatic carbocycles. The van der Waals surface area contributed by atoms with Gasteiger partial charge in [-0.15, -0.1) is 0 Å². The van der Waals surface area contributed by atoms with E-state index < -0.39 is 5.97 Å². The van der Waals surface area contributed by atoms with Crippen LogP contribution in [0.4, 0.5) is 0 Å². The Morgan fingerprint density at radius 3 is 2.74 bits per heavy atom. The molecule has 0 aliphatic carbocycles. The summed E-state index contributed by atoms with van der Waals surface area (Å²) in [5.41, 5.74) is 1.18. The lowest BCUT2D eigenvalue weighted by atomic mass is 10.2. The van der Waals surface area contributed by atoms with Crippen LogP contribution >= 0.6 is 0 Å². The van der Waals surface area contributed by atoms with E-state index in [1.54, 1.807) is 44.5 Å². The second kappa shape index (κ2) is 6.00. The quantitative estimate of drug-likeness (QED) is 0.790. The van der Waals surface area contributed by atoms with Gasteiger partial charge in [0.15, 0.2) is 0 Å². The average molecular weight is 257 g/mol. The van der Waals surface area contributed by atoms with Crippen LogP contribution in [0, 0.1) is 0 Å². The van der Waals surface area contributed by atoms with Crippen LogP contribution in [-0.2, 0) is 4.74 Å². The highest BCUT2D eigenvalue weighted by Crippen LogP contribution is 2.18. The van der Waals surface area contributed by atoms with E-state index >= 15 is 0 Å². The second-order valence-corrected chi connectivity index (χ2v) is 4.03. The lowest BCUT2D eigenvalue weighted by Gasteiger charge is -2.12. The Morgan fingerprint density at radius 2 is 2.05 bits per heavy atom. The molecule has 19 heavy (non-hydrogen) atoms. The van der Waals surface area contributed by atoms with Gasteiger partial charge in [-0.3, -0.25) is 4.98 Å². The lowest BCUT2D eigenvalue weighted by Crippen LogP contribution is -2.10. The Labute approximate surface area is 112 Å². The molecule has 0 radical (unpaired) electrons. The molecule has 1 atom stereocenters. The van der Waals surface area contributed by atoms with E-state index in [1.165, 1.54) is 0 Å². The second-order valence-electron chi connectivity index (χ2n) is 4.03. The lowest BCUT2D eigenvalue weighted by molar-refractivity contribution is 0.0329.